The fourth-order valence-electron chi connectivity index (χ4n) is 3.93. The van der Waals surface area contributed by atoms with Crippen molar-refractivity contribution in [2.24, 2.45) is 5.73 Å². The maximum Gasteiger partial charge on any atom is 0.259 e. The standard InChI is InChI=1S/C25H19N3OS/c1-15-23-18(10-6-12-22(23)30-24(15)25(26)29)17-8-3-2-7-16(17)13-14-21-19-9-4-5-11-20(19)27-28-21/h2-14H,1H3,(H2,26,29)(H,27,28). The van der Waals surface area contributed by atoms with E-state index in [1.54, 1.807) is 0 Å². The number of fused-ring (bicyclic) bond motifs is 2. The molecule has 0 bridgehead atoms. The molecule has 0 aliphatic carbocycles. The van der Waals surface area contributed by atoms with Crippen molar-refractivity contribution in [2.45, 2.75) is 6.92 Å². The van der Waals surface area contributed by atoms with Crippen LogP contribution in [0.4, 0.5) is 0 Å². The van der Waals surface area contributed by atoms with Crippen molar-refractivity contribution in [1.82, 2.24) is 10.2 Å². The lowest BCUT2D eigenvalue weighted by atomic mass is 9.94. The Morgan fingerprint density at radius 3 is 2.60 bits per heavy atom. The highest BCUT2D eigenvalue weighted by atomic mass is 32.1. The van der Waals surface area contributed by atoms with Crippen molar-refractivity contribution in [3.63, 3.8) is 0 Å². The van der Waals surface area contributed by atoms with Gasteiger partial charge in [-0.1, -0.05) is 60.7 Å². The summed E-state index contributed by atoms with van der Waals surface area (Å²) in [4.78, 5) is 12.5. The molecular formula is C25H19N3OS. The molecule has 0 unspecified atom stereocenters. The SMILES string of the molecule is Cc1c(C(N)=O)sc2cccc(-c3ccccc3C=Cc3n[nH]c4ccccc34)c12. The molecule has 146 valence electrons. The highest BCUT2D eigenvalue weighted by Gasteiger charge is 2.17. The lowest BCUT2D eigenvalue weighted by Gasteiger charge is -2.09. The number of aromatic amines is 1. The van der Waals surface area contributed by atoms with E-state index in [4.69, 9.17) is 5.73 Å². The number of aromatic nitrogens is 2. The predicted octanol–water partition coefficient (Wildman–Crippen LogP) is 6.02. The number of thiophene rings is 1. The summed E-state index contributed by atoms with van der Waals surface area (Å²) in [6.45, 7) is 1.97. The number of amides is 1. The molecule has 30 heavy (non-hydrogen) atoms. The van der Waals surface area contributed by atoms with Crippen LogP contribution in [0, 0.1) is 6.92 Å². The molecule has 0 saturated carbocycles. The third-order valence-electron chi connectivity index (χ3n) is 5.35. The third-order valence-corrected chi connectivity index (χ3v) is 6.62. The number of aryl methyl sites for hydroxylation is 1. The van der Waals surface area contributed by atoms with Crippen molar-refractivity contribution in [3.05, 3.63) is 88.4 Å². The van der Waals surface area contributed by atoms with Gasteiger partial charge >= 0.3 is 0 Å². The fourth-order valence-corrected chi connectivity index (χ4v) is 5.02. The largest absolute Gasteiger partial charge is 0.365 e. The van der Waals surface area contributed by atoms with Crippen LogP contribution in [0.25, 0.3) is 44.3 Å². The zero-order valence-electron chi connectivity index (χ0n) is 16.3. The Balaban J connectivity index is 1.65. The molecule has 0 atom stereocenters. The number of para-hydroxylation sites is 1. The van der Waals surface area contributed by atoms with Gasteiger partial charge in [-0.15, -0.1) is 11.3 Å². The van der Waals surface area contributed by atoms with Crippen LogP contribution in [0.15, 0.2) is 66.7 Å². The van der Waals surface area contributed by atoms with Gasteiger partial charge in [0.05, 0.1) is 16.1 Å². The lowest BCUT2D eigenvalue weighted by Crippen LogP contribution is -2.09. The molecule has 5 aromatic rings. The number of nitrogens with two attached hydrogens (primary N) is 1. The van der Waals surface area contributed by atoms with Gasteiger partial charge in [0, 0.05) is 15.5 Å². The molecule has 5 rings (SSSR count). The second kappa shape index (κ2) is 7.28. The van der Waals surface area contributed by atoms with E-state index in [2.05, 4.69) is 40.5 Å². The topological polar surface area (TPSA) is 71.8 Å². The number of nitrogens with one attached hydrogen (secondary N) is 1. The van der Waals surface area contributed by atoms with Crippen molar-refractivity contribution in [2.75, 3.05) is 0 Å². The minimum absolute atomic E-state index is 0.377. The summed E-state index contributed by atoms with van der Waals surface area (Å²) in [5, 5.41) is 9.69. The van der Waals surface area contributed by atoms with E-state index in [1.807, 2.05) is 55.5 Å². The van der Waals surface area contributed by atoms with Gasteiger partial charge in [-0.3, -0.25) is 9.89 Å². The molecule has 4 nitrogen and oxygen atoms in total. The average molecular weight is 410 g/mol. The number of carbonyl (C=O) groups excluding carboxylic acids is 1. The summed E-state index contributed by atoms with van der Waals surface area (Å²) >= 11 is 1.45. The first-order valence-corrected chi connectivity index (χ1v) is 10.5. The summed E-state index contributed by atoms with van der Waals surface area (Å²) in [7, 11) is 0. The Hall–Kier alpha value is -3.70. The van der Waals surface area contributed by atoms with E-state index in [9.17, 15) is 4.79 Å². The van der Waals surface area contributed by atoms with Crippen LogP contribution < -0.4 is 5.73 Å². The number of hydrogen-bond donors (Lipinski definition) is 2. The minimum atomic E-state index is -0.377. The van der Waals surface area contributed by atoms with Crippen LogP contribution in [0.2, 0.25) is 0 Å². The van der Waals surface area contributed by atoms with E-state index in [1.165, 1.54) is 11.3 Å². The molecule has 3 aromatic carbocycles. The molecule has 0 saturated heterocycles. The van der Waals surface area contributed by atoms with Crippen LogP contribution in [-0.2, 0) is 0 Å². The van der Waals surface area contributed by atoms with Crippen LogP contribution in [0.5, 0.6) is 0 Å². The van der Waals surface area contributed by atoms with Gasteiger partial charge in [-0.2, -0.15) is 5.10 Å². The van der Waals surface area contributed by atoms with Crippen LogP contribution in [-0.4, -0.2) is 16.1 Å². The van der Waals surface area contributed by atoms with E-state index in [0.717, 1.165) is 48.9 Å². The number of hydrogen-bond acceptors (Lipinski definition) is 3. The van der Waals surface area contributed by atoms with Crippen molar-refractivity contribution < 1.29 is 4.79 Å². The summed E-state index contributed by atoms with van der Waals surface area (Å²) in [6.07, 6.45) is 4.13. The van der Waals surface area contributed by atoms with E-state index < -0.39 is 0 Å². The first kappa shape index (κ1) is 18.3. The van der Waals surface area contributed by atoms with Gasteiger partial charge < -0.3 is 5.73 Å². The molecule has 0 aliphatic rings. The maximum atomic E-state index is 11.9. The van der Waals surface area contributed by atoms with E-state index in [-0.39, 0.29) is 5.91 Å². The lowest BCUT2D eigenvalue weighted by molar-refractivity contribution is 0.100. The van der Waals surface area contributed by atoms with Gasteiger partial charge in [0.15, 0.2) is 0 Å². The van der Waals surface area contributed by atoms with Crippen LogP contribution in [0.1, 0.15) is 26.5 Å². The second-order valence-electron chi connectivity index (χ2n) is 7.17. The third kappa shape index (κ3) is 3.00. The summed E-state index contributed by atoms with van der Waals surface area (Å²) < 4.78 is 1.07. The maximum absolute atomic E-state index is 11.9. The Morgan fingerprint density at radius 2 is 1.73 bits per heavy atom. The molecule has 5 heteroatoms. The Morgan fingerprint density at radius 1 is 0.967 bits per heavy atom. The Bertz CT molecular complexity index is 1440. The molecule has 3 N–H and O–H groups in total. The molecule has 0 aliphatic heterocycles. The highest BCUT2D eigenvalue weighted by molar-refractivity contribution is 7.21. The first-order chi connectivity index (χ1) is 14.6. The minimum Gasteiger partial charge on any atom is -0.365 e. The van der Waals surface area contributed by atoms with Gasteiger partial charge in [0.1, 0.15) is 0 Å². The molecule has 0 spiro atoms. The Kier molecular flexibility index (Phi) is 4.45. The van der Waals surface area contributed by atoms with E-state index in [0.29, 0.717) is 4.88 Å². The molecule has 1 amide bonds. The molecule has 0 radical (unpaired) electrons. The van der Waals surface area contributed by atoms with Crippen LogP contribution >= 0.6 is 11.3 Å². The smallest absolute Gasteiger partial charge is 0.259 e. The number of H-pyrrole nitrogens is 1. The van der Waals surface area contributed by atoms with Gasteiger partial charge in [0.25, 0.3) is 5.91 Å². The summed E-state index contributed by atoms with van der Waals surface area (Å²) in [5.74, 6) is -0.377. The fraction of sp³-hybridized carbons (Fsp3) is 0.0400. The highest BCUT2D eigenvalue weighted by Crippen LogP contribution is 2.39. The number of benzene rings is 3. The predicted molar refractivity (Wildman–Crippen MR) is 126 cm³/mol. The number of rotatable bonds is 4. The first-order valence-electron chi connectivity index (χ1n) is 9.66. The average Bonchev–Trinajstić information content (AvgIpc) is 3.34. The van der Waals surface area contributed by atoms with Gasteiger partial charge in [-0.25, -0.2) is 0 Å². The monoisotopic (exact) mass is 409 g/mol. The van der Waals surface area contributed by atoms with Crippen LogP contribution in [0.3, 0.4) is 0 Å². The quantitative estimate of drug-likeness (QED) is 0.381. The Labute approximate surface area is 177 Å². The molecular weight excluding hydrogens is 390 g/mol. The molecule has 2 heterocycles. The number of carbonyl (C=O) groups is 1. The van der Waals surface area contributed by atoms with Gasteiger partial charge in [-0.05, 0) is 47.4 Å². The normalized spacial score (nSPS) is 11.6. The van der Waals surface area contributed by atoms with Crippen molar-refractivity contribution >= 4 is 50.4 Å². The number of nitrogens with zero attached hydrogens (tertiary/aromatic N) is 1. The zero-order chi connectivity index (χ0) is 20.7. The van der Waals surface area contributed by atoms with Crippen molar-refractivity contribution in [3.8, 4) is 11.1 Å². The number of primary amides is 1. The summed E-state index contributed by atoms with van der Waals surface area (Å²) in [5.41, 5.74) is 11.7. The summed E-state index contributed by atoms with van der Waals surface area (Å²) in [6, 6.07) is 22.5. The molecule has 0 fully saturated rings. The molecule has 2 aromatic heterocycles. The second-order valence-corrected chi connectivity index (χ2v) is 8.23. The zero-order valence-corrected chi connectivity index (χ0v) is 17.2. The van der Waals surface area contributed by atoms with E-state index >= 15 is 0 Å². The van der Waals surface area contributed by atoms with Crippen molar-refractivity contribution in [1.29, 1.82) is 0 Å². The van der Waals surface area contributed by atoms with Gasteiger partial charge in [0.2, 0.25) is 0 Å².